The van der Waals surface area contributed by atoms with Crippen molar-refractivity contribution in [1.82, 2.24) is 19.5 Å². The Bertz CT molecular complexity index is 4690. The average molecular weight is 959 g/mol. The summed E-state index contributed by atoms with van der Waals surface area (Å²) >= 11 is 0. The highest BCUT2D eigenvalue weighted by molar-refractivity contribution is 6.15. The molecule has 4 heterocycles. The van der Waals surface area contributed by atoms with Gasteiger partial charge in [0.05, 0.1) is 22.1 Å². The van der Waals surface area contributed by atoms with Gasteiger partial charge < -0.3 is 13.4 Å². The van der Waals surface area contributed by atoms with Crippen molar-refractivity contribution in [3.8, 4) is 84.4 Å². The van der Waals surface area contributed by atoms with Crippen LogP contribution in [0, 0.1) is 0 Å². The van der Waals surface area contributed by atoms with Crippen LogP contribution in [0.4, 0.5) is 0 Å². The van der Waals surface area contributed by atoms with Gasteiger partial charge in [0.2, 0.25) is 0 Å². The standard InChI is InChI=1S/C69H42N4O2/c1-4-14-43(15-5-1)45-26-28-47(29-27-45)68-70-67(46-18-8-3-9-19-46)71-69(72-68)53-33-37-63-57(42-53)56-40-51(31-35-62(56)74-63)48-20-12-21-49(38-48)52-32-36-64-58(41-52)66-61(24-13-25-65(66)75-64)73-59-23-11-10-22-54(59)55-39-50(30-34-60(55)73)44-16-6-2-7-17-44/h1-42H. The van der Waals surface area contributed by atoms with E-state index in [2.05, 4.69) is 211 Å². The van der Waals surface area contributed by atoms with Crippen molar-refractivity contribution in [2.75, 3.05) is 0 Å². The Hall–Kier alpha value is -10.2. The van der Waals surface area contributed by atoms with Gasteiger partial charge in [0, 0.05) is 43.6 Å². The Morgan fingerprint density at radius 1 is 0.240 bits per heavy atom. The number of aromatic nitrogens is 4. The molecule has 15 rings (SSSR count). The second kappa shape index (κ2) is 17.3. The van der Waals surface area contributed by atoms with E-state index in [1.165, 1.54) is 21.9 Å². The van der Waals surface area contributed by atoms with Gasteiger partial charge >= 0.3 is 0 Å². The number of para-hydroxylation sites is 1. The molecule has 0 saturated carbocycles. The maximum atomic E-state index is 6.62. The van der Waals surface area contributed by atoms with Crippen LogP contribution in [0.25, 0.3) is 150 Å². The van der Waals surface area contributed by atoms with Gasteiger partial charge in [-0.25, -0.2) is 15.0 Å². The maximum absolute atomic E-state index is 6.62. The van der Waals surface area contributed by atoms with Crippen molar-refractivity contribution in [3.05, 3.63) is 255 Å². The predicted molar refractivity (Wildman–Crippen MR) is 307 cm³/mol. The van der Waals surface area contributed by atoms with Gasteiger partial charge in [0.15, 0.2) is 17.5 Å². The molecule has 4 aromatic heterocycles. The van der Waals surface area contributed by atoms with Crippen LogP contribution in [-0.4, -0.2) is 19.5 Å². The summed E-state index contributed by atoms with van der Waals surface area (Å²) in [6.45, 7) is 0. The summed E-state index contributed by atoms with van der Waals surface area (Å²) in [5, 5.41) is 6.59. The van der Waals surface area contributed by atoms with E-state index in [9.17, 15) is 0 Å². The van der Waals surface area contributed by atoms with Crippen LogP contribution in [0.1, 0.15) is 0 Å². The highest BCUT2D eigenvalue weighted by Crippen LogP contribution is 2.42. The lowest BCUT2D eigenvalue weighted by atomic mass is 9.97. The highest BCUT2D eigenvalue weighted by atomic mass is 16.3. The zero-order valence-electron chi connectivity index (χ0n) is 40.4. The van der Waals surface area contributed by atoms with Gasteiger partial charge in [-0.1, -0.05) is 176 Å². The number of nitrogens with zero attached hydrogens (tertiary/aromatic N) is 4. The topological polar surface area (TPSA) is 69.9 Å². The minimum Gasteiger partial charge on any atom is -0.456 e. The molecule has 0 unspecified atom stereocenters. The van der Waals surface area contributed by atoms with Gasteiger partial charge in [-0.3, -0.25) is 0 Å². The number of hydrogen-bond acceptors (Lipinski definition) is 5. The molecule has 0 saturated heterocycles. The summed E-state index contributed by atoms with van der Waals surface area (Å²) in [6.07, 6.45) is 0. The minimum atomic E-state index is 0.591. The lowest BCUT2D eigenvalue weighted by Gasteiger charge is -2.10. The van der Waals surface area contributed by atoms with Crippen LogP contribution in [0.2, 0.25) is 0 Å². The highest BCUT2D eigenvalue weighted by Gasteiger charge is 2.20. The molecular formula is C69H42N4O2. The molecule has 6 heteroatoms. The van der Waals surface area contributed by atoms with Crippen molar-refractivity contribution in [1.29, 1.82) is 0 Å². The Morgan fingerprint density at radius 3 is 1.32 bits per heavy atom. The van der Waals surface area contributed by atoms with E-state index in [0.29, 0.717) is 17.5 Å². The lowest BCUT2D eigenvalue weighted by molar-refractivity contribution is 0.668. The summed E-state index contributed by atoms with van der Waals surface area (Å²) in [5.74, 6) is 1.82. The molecule has 0 bridgehead atoms. The second-order valence-corrected chi connectivity index (χ2v) is 19.1. The zero-order valence-corrected chi connectivity index (χ0v) is 40.4. The first kappa shape index (κ1) is 42.5. The molecular weight excluding hydrogens is 917 g/mol. The van der Waals surface area contributed by atoms with Crippen LogP contribution in [0.15, 0.2) is 264 Å². The van der Waals surface area contributed by atoms with Gasteiger partial charge in [0.25, 0.3) is 0 Å². The van der Waals surface area contributed by atoms with E-state index in [1.54, 1.807) is 0 Å². The maximum Gasteiger partial charge on any atom is 0.164 e. The summed E-state index contributed by atoms with van der Waals surface area (Å²) in [6, 6.07) is 89.4. The third kappa shape index (κ3) is 7.30. The molecule has 15 aromatic rings. The van der Waals surface area contributed by atoms with Gasteiger partial charge in [-0.05, 0) is 123 Å². The molecule has 6 nitrogen and oxygen atoms in total. The van der Waals surface area contributed by atoms with Gasteiger partial charge in [-0.15, -0.1) is 0 Å². The average Bonchev–Trinajstić information content (AvgIpc) is 4.24. The molecule has 0 fully saturated rings. The molecule has 350 valence electrons. The quantitative estimate of drug-likeness (QED) is 0.152. The van der Waals surface area contributed by atoms with E-state index >= 15 is 0 Å². The van der Waals surface area contributed by atoms with Crippen LogP contribution in [0.3, 0.4) is 0 Å². The zero-order chi connectivity index (χ0) is 49.4. The van der Waals surface area contributed by atoms with Crippen molar-refractivity contribution in [3.63, 3.8) is 0 Å². The molecule has 75 heavy (non-hydrogen) atoms. The number of fused-ring (bicyclic) bond motifs is 9. The van der Waals surface area contributed by atoms with Crippen LogP contribution in [-0.2, 0) is 0 Å². The molecule has 0 aliphatic heterocycles. The number of rotatable bonds is 8. The molecule has 0 N–H and O–H groups in total. The fourth-order valence-electron chi connectivity index (χ4n) is 11.0. The summed E-state index contributed by atoms with van der Waals surface area (Å²) < 4.78 is 15.5. The van der Waals surface area contributed by atoms with Crippen molar-refractivity contribution < 1.29 is 8.83 Å². The second-order valence-electron chi connectivity index (χ2n) is 19.1. The van der Waals surface area contributed by atoms with Crippen molar-refractivity contribution >= 4 is 65.7 Å². The van der Waals surface area contributed by atoms with Crippen LogP contribution >= 0.6 is 0 Å². The first-order valence-corrected chi connectivity index (χ1v) is 25.2. The number of furan rings is 2. The van der Waals surface area contributed by atoms with E-state index in [4.69, 9.17) is 23.8 Å². The lowest BCUT2D eigenvalue weighted by Crippen LogP contribution is -2.00. The Labute approximate surface area is 431 Å². The fraction of sp³-hybridized carbons (Fsp3) is 0. The predicted octanol–water partition coefficient (Wildman–Crippen LogP) is 18.4. The largest absolute Gasteiger partial charge is 0.456 e. The monoisotopic (exact) mass is 958 g/mol. The fourth-order valence-corrected chi connectivity index (χ4v) is 11.0. The Kier molecular flexibility index (Phi) is 9.78. The molecule has 0 aliphatic carbocycles. The third-order valence-electron chi connectivity index (χ3n) is 14.7. The van der Waals surface area contributed by atoms with Gasteiger partial charge in [-0.2, -0.15) is 0 Å². The summed E-state index contributed by atoms with van der Waals surface area (Å²) in [4.78, 5) is 15.2. The smallest absolute Gasteiger partial charge is 0.164 e. The SMILES string of the molecule is c1ccc(-c2ccc(-c3nc(-c4ccccc4)nc(-c4ccc5oc6ccc(-c7cccc(-c8ccc9oc%10cccc(-n%11c%12ccccc%12c%12cc(-c%13ccccc%13)ccc%12%11)c%10c9c8)c7)cc6c5c4)n3)cc2)cc1. The molecule has 11 aromatic carbocycles. The molecule has 0 amide bonds. The van der Waals surface area contributed by atoms with E-state index in [1.807, 2.05) is 48.5 Å². The minimum absolute atomic E-state index is 0.591. The first-order valence-electron chi connectivity index (χ1n) is 25.2. The van der Waals surface area contributed by atoms with Crippen molar-refractivity contribution in [2.24, 2.45) is 0 Å². The normalized spacial score (nSPS) is 11.7. The van der Waals surface area contributed by atoms with E-state index in [0.717, 1.165) is 111 Å². The van der Waals surface area contributed by atoms with Crippen molar-refractivity contribution in [2.45, 2.75) is 0 Å². The molecule has 0 radical (unpaired) electrons. The Morgan fingerprint density at radius 2 is 0.640 bits per heavy atom. The number of benzene rings is 11. The number of hydrogen-bond donors (Lipinski definition) is 0. The molecule has 0 spiro atoms. The molecule has 0 aliphatic rings. The van der Waals surface area contributed by atoms with E-state index < -0.39 is 0 Å². The molecule has 0 atom stereocenters. The summed E-state index contributed by atoms with van der Waals surface area (Å²) in [5.41, 5.74) is 18.5. The third-order valence-corrected chi connectivity index (χ3v) is 14.7. The van der Waals surface area contributed by atoms with Gasteiger partial charge in [0.1, 0.15) is 22.3 Å². The Balaban J connectivity index is 0.801. The van der Waals surface area contributed by atoms with E-state index in [-0.39, 0.29) is 0 Å². The summed E-state index contributed by atoms with van der Waals surface area (Å²) in [7, 11) is 0. The van der Waals surface area contributed by atoms with Crippen LogP contribution in [0.5, 0.6) is 0 Å². The first-order chi connectivity index (χ1) is 37.1. The van der Waals surface area contributed by atoms with Crippen LogP contribution < -0.4 is 0 Å².